The molecule has 6 rings (SSSR count). The van der Waals surface area contributed by atoms with Crippen LogP contribution in [0.5, 0.6) is 11.5 Å². The van der Waals surface area contributed by atoms with Gasteiger partial charge < -0.3 is 9.47 Å². The Morgan fingerprint density at radius 2 is 1.48 bits per heavy atom. The van der Waals surface area contributed by atoms with Crippen molar-refractivity contribution in [2.75, 3.05) is 32.3 Å². The molecule has 2 aliphatic heterocycles. The van der Waals surface area contributed by atoms with Crippen molar-refractivity contribution in [2.24, 2.45) is 11.0 Å². The maximum atomic E-state index is 13.6. The van der Waals surface area contributed by atoms with E-state index in [1.807, 2.05) is 42.5 Å². The second-order valence-electron chi connectivity index (χ2n) is 10.2. The van der Waals surface area contributed by atoms with E-state index in [0.717, 1.165) is 53.7 Å². The molecule has 0 bridgehead atoms. The summed E-state index contributed by atoms with van der Waals surface area (Å²) < 4.78 is 24.4. The minimum absolute atomic E-state index is 0.0126. The fourth-order valence-electron chi connectivity index (χ4n) is 5.69. The van der Waals surface area contributed by atoms with Crippen LogP contribution < -0.4 is 14.5 Å². The third-order valence-corrected chi connectivity index (χ3v) is 7.64. The Labute approximate surface area is 234 Å². The zero-order valence-corrected chi connectivity index (χ0v) is 22.7. The summed E-state index contributed by atoms with van der Waals surface area (Å²) in [4.78, 5) is 2.44. The first-order valence-corrected chi connectivity index (χ1v) is 13.5. The Balaban J connectivity index is 1.42. The van der Waals surface area contributed by atoms with Crippen LogP contribution in [-0.2, 0) is 6.54 Å². The summed E-state index contributed by atoms with van der Waals surface area (Å²) >= 11 is 0. The molecule has 0 amide bonds. The Kier molecular flexibility index (Phi) is 7.34. The zero-order valence-electron chi connectivity index (χ0n) is 22.7. The van der Waals surface area contributed by atoms with Gasteiger partial charge in [0.15, 0.2) is 0 Å². The van der Waals surface area contributed by atoms with Crippen LogP contribution >= 0.6 is 0 Å². The number of piperidine rings is 1. The van der Waals surface area contributed by atoms with E-state index in [4.69, 9.17) is 14.6 Å². The first-order chi connectivity index (χ1) is 19.6. The van der Waals surface area contributed by atoms with Gasteiger partial charge >= 0.3 is 0 Å². The number of likely N-dealkylation sites (tertiary alicyclic amines) is 1. The molecule has 2 unspecified atom stereocenters. The Hall–Kier alpha value is -4.42. The lowest BCUT2D eigenvalue weighted by Gasteiger charge is -2.36. The fourth-order valence-corrected chi connectivity index (χ4v) is 5.69. The maximum Gasteiger partial charge on any atom is 0.123 e. The van der Waals surface area contributed by atoms with Crippen molar-refractivity contribution < 1.29 is 13.9 Å². The Morgan fingerprint density at radius 1 is 0.825 bits per heavy atom. The van der Waals surface area contributed by atoms with E-state index in [1.54, 1.807) is 14.2 Å². The molecule has 202 valence electrons. The summed E-state index contributed by atoms with van der Waals surface area (Å²) in [6.07, 6.45) is 2.24. The maximum absolute atomic E-state index is 13.6. The van der Waals surface area contributed by atoms with Crippen molar-refractivity contribution in [3.8, 4) is 11.5 Å². The van der Waals surface area contributed by atoms with Gasteiger partial charge in [0.1, 0.15) is 17.3 Å². The van der Waals surface area contributed by atoms with Gasteiger partial charge in [-0.2, -0.15) is 5.10 Å². The van der Waals surface area contributed by atoms with Crippen molar-refractivity contribution in [3.05, 3.63) is 131 Å². The van der Waals surface area contributed by atoms with Crippen LogP contribution in [0, 0.1) is 11.7 Å². The number of hydrogen-bond donors (Lipinski definition) is 0. The highest BCUT2D eigenvalue weighted by molar-refractivity contribution is 6.09. The summed E-state index contributed by atoms with van der Waals surface area (Å²) in [5.41, 5.74) is 6.71. The largest absolute Gasteiger partial charge is 0.497 e. The summed E-state index contributed by atoms with van der Waals surface area (Å²) in [6.45, 7) is 2.30. The molecule has 4 aromatic carbocycles. The third kappa shape index (κ3) is 5.36. The van der Waals surface area contributed by atoms with Crippen LogP contribution in [-0.4, -0.2) is 37.9 Å². The second-order valence-corrected chi connectivity index (χ2v) is 10.2. The quantitative estimate of drug-likeness (QED) is 0.257. The summed E-state index contributed by atoms with van der Waals surface area (Å²) in [7, 11) is 3.37. The van der Waals surface area contributed by atoms with E-state index in [-0.39, 0.29) is 17.8 Å². The number of rotatable bonds is 7. The molecule has 1 saturated heterocycles. The van der Waals surface area contributed by atoms with Gasteiger partial charge in [-0.3, -0.25) is 9.91 Å². The topological polar surface area (TPSA) is 37.3 Å². The van der Waals surface area contributed by atoms with Crippen molar-refractivity contribution in [1.82, 2.24) is 4.90 Å². The van der Waals surface area contributed by atoms with Crippen molar-refractivity contribution in [2.45, 2.75) is 12.6 Å². The van der Waals surface area contributed by atoms with Crippen molar-refractivity contribution in [1.29, 1.82) is 0 Å². The SMILES string of the molecule is COc1ccc(C=C2CN(Cc3ccc(F)cc3)CC3C2=NN(c2ccccc2)C3c2ccc(OC)cc2)cc1. The van der Waals surface area contributed by atoms with Crippen molar-refractivity contribution in [3.63, 3.8) is 0 Å². The highest BCUT2D eigenvalue weighted by Crippen LogP contribution is 2.44. The number of hydrazone groups is 1. The predicted octanol–water partition coefficient (Wildman–Crippen LogP) is 6.98. The number of methoxy groups -OCH3 is 2. The Bertz CT molecular complexity index is 1500. The van der Waals surface area contributed by atoms with Gasteiger partial charge in [-0.1, -0.05) is 54.6 Å². The molecule has 0 aromatic heterocycles. The molecule has 0 N–H and O–H groups in total. The van der Waals surface area contributed by atoms with Crippen LogP contribution in [0.15, 0.2) is 114 Å². The highest BCUT2D eigenvalue weighted by Gasteiger charge is 2.44. The average molecular weight is 534 g/mol. The number of benzene rings is 4. The lowest BCUT2D eigenvalue weighted by molar-refractivity contribution is 0.245. The van der Waals surface area contributed by atoms with Crippen molar-refractivity contribution >= 4 is 17.5 Å². The van der Waals surface area contributed by atoms with Gasteiger partial charge in [0.2, 0.25) is 0 Å². The minimum atomic E-state index is -0.217. The normalized spacial score (nSPS) is 19.8. The third-order valence-electron chi connectivity index (χ3n) is 7.64. The first kappa shape index (κ1) is 25.8. The number of anilines is 1. The molecular formula is C34H32FN3O2. The number of para-hydroxylation sites is 1. The molecule has 0 aliphatic carbocycles. The molecule has 2 heterocycles. The van der Waals surface area contributed by atoms with Crippen LogP contribution in [0.2, 0.25) is 0 Å². The van der Waals surface area contributed by atoms with E-state index in [9.17, 15) is 4.39 Å². The van der Waals surface area contributed by atoms with E-state index < -0.39 is 0 Å². The standard InChI is InChI=1S/C34H32FN3O2/c1-39-30-16-10-24(11-17-30)20-27-22-37(21-25-8-14-28(35)15-9-25)23-32-33(27)36-38(29-6-4-3-5-7-29)34(32)26-12-18-31(40-2)19-13-26/h3-20,32,34H,21-23H2,1-2H3. The van der Waals surface area contributed by atoms with E-state index in [0.29, 0.717) is 0 Å². The second kappa shape index (κ2) is 11.4. The monoisotopic (exact) mass is 533 g/mol. The number of ether oxygens (including phenoxy) is 2. The Morgan fingerprint density at radius 3 is 2.12 bits per heavy atom. The van der Waals surface area contributed by atoms with E-state index in [1.165, 1.54) is 23.3 Å². The van der Waals surface area contributed by atoms with Crippen LogP contribution in [0.4, 0.5) is 10.1 Å². The predicted molar refractivity (Wildman–Crippen MR) is 158 cm³/mol. The van der Waals surface area contributed by atoms with E-state index in [2.05, 4.69) is 64.5 Å². The minimum Gasteiger partial charge on any atom is -0.497 e. The molecule has 6 heteroatoms. The average Bonchev–Trinajstić information content (AvgIpc) is 3.39. The van der Waals surface area contributed by atoms with Crippen LogP contribution in [0.25, 0.3) is 6.08 Å². The number of hydrogen-bond acceptors (Lipinski definition) is 5. The molecule has 2 atom stereocenters. The molecule has 40 heavy (non-hydrogen) atoms. The van der Waals surface area contributed by atoms with Crippen LogP contribution in [0.1, 0.15) is 22.7 Å². The molecule has 0 radical (unpaired) electrons. The molecule has 2 aliphatic rings. The van der Waals surface area contributed by atoms with Gasteiger partial charge in [0.25, 0.3) is 0 Å². The van der Waals surface area contributed by atoms with Gasteiger partial charge in [-0.25, -0.2) is 4.39 Å². The summed E-state index contributed by atoms with van der Waals surface area (Å²) in [6, 6.07) is 33.6. The number of fused-ring (bicyclic) bond motifs is 1. The smallest absolute Gasteiger partial charge is 0.123 e. The molecule has 0 saturated carbocycles. The van der Waals surface area contributed by atoms with E-state index >= 15 is 0 Å². The molecular weight excluding hydrogens is 501 g/mol. The zero-order chi connectivity index (χ0) is 27.5. The lowest BCUT2D eigenvalue weighted by atomic mass is 9.82. The molecule has 1 fully saturated rings. The first-order valence-electron chi connectivity index (χ1n) is 13.5. The summed E-state index contributed by atoms with van der Waals surface area (Å²) in [5, 5.41) is 7.47. The van der Waals surface area contributed by atoms with Gasteiger partial charge in [0, 0.05) is 25.6 Å². The highest BCUT2D eigenvalue weighted by atomic mass is 19.1. The number of halogens is 1. The number of nitrogens with zero attached hydrogens (tertiary/aromatic N) is 3. The fraction of sp³-hybridized carbons (Fsp3) is 0.206. The molecule has 5 nitrogen and oxygen atoms in total. The lowest BCUT2D eigenvalue weighted by Crippen LogP contribution is -2.43. The molecule has 0 spiro atoms. The van der Waals surface area contributed by atoms with Crippen LogP contribution in [0.3, 0.4) is 0 Å². The van der Waals surface area contributed by atoms with Gasteiger partial charge in [-0.05, 0) is 76.9 Å². The summed E-state index contributed by atoms with van der Waals surface area (Å²) in [5.74, 6) is 1.57. The van der Waals surface area contributed by atoms with Gasteiger partial charge in [-0.15, -0.1) is 0 Å². The molecule has 4 aromatic rings. The van der Waals surface area contributed by atoms with Gasteiger partial charge in [0.05, 0.1) is 31.7 Å².